The van der Waals surface area contributed by atoms with Gasteiger partial charge in [-0.15, -0.1) is 0 Å². The van der Waals surface area contributed by atoms with E-state index in [1.165, 1.54) is 6.07 Å². The molecule has 2 aromatic rings. The van der Waals surface area contributed by atoms with E-state index in [9.17, 15) is 14.4 Å². The van der Waals surface area contributed by atoms with E-state index in [0.717, 1.165) is 12.8 Å². The van der Waals surface area contributed by atoms with Crippen LogP contribution in [0.4, 0.5) is 0 Å². The van der Waals surface area contributed by atoms with E-state index in [4.69, 9.17) is 4.74 Å². The molecule has 3 rings (SSSR count). The fourth-order valence-corrected chi connectivity index (χ4v) is 2.25. The van der Waals surface area contributed by atoms with Crippen LogP contribution in [0.3, 0.4) is 0 Å². The van der Waals surface area contributed by atoms with Crippen molar-refractivity contribution in [2.24, 2.45) is 0 Å². The molecule has 1 aromatic carbocycles. The number of aromatic amines is 1. The molecule has 1 saturated carbocycles. The minimum atomic E-state index is -0.638. The summed E-state index contributed by atoms with van der Waals surface area (Å²) >= 11 is 0. The van der Waals surface area contributed by atoms with E-state index in [1.807, 2.05) is 0 Å². The Hall–Kier alpha value is -3.16. The summed E-state index contributed by atoms with van der Waals surface area (Å²) in [7, 11) is 1.56. The minimum Gasteiger partial charge on any atom is -0.497 e. The van der Waals surface area contributed by atoms with Gasteiger partial charge in [-0.2, -0.15) is 4.98 Å². The number of ether oxygens (including phenoxy) is 1. The van der Waals surface area contributed by atoms with Crippen LogP contribution in [0.1, 0.15) is 23.3 Å². The van der Waals surface area contributed by atoms with Gasteiger partial charge < -0.3 is 20.4 Å². The van der Waals surface area contributed by atoms with E-state index in [0.29, 0.717) is 17.0 Å². The molecule has 1 aliphatic rings. The summed E-state index contributed by atoms with van der Waals surface area (Å²) in [4.78, 5) is 41.8. The predicted molar refractivity (Wildman–Crippen MR) is 90.3 cm³/mol. The highest BCUT2D eigenvalue weighted by atomic mass is 16.5. The van der Waals surface area contributed by atoms with E-state index >= 15 is 0 Å². The Labute approximate surface area is 143 Å². The number of H-pyrrole nitrogens is 1. The quantitative estimate of drug-likeness (QED) is 0.705. The van der Waals surface area contributed by atoms with Crippen molar-refractivity contribution in [3.63, 3.8) is 0 Å². The van der Waals surface area contributed by atoms with E-state index in [-0.39, 0.29) is 24.2 Å². The molecular weight excluding hydrogens is 324 g/mol. The Morgan fingerprint density at radius 2 is 2.00 bits per heavy atom. The van der Waals surface area contributed by atoms with Gasteiger partial charge in [-0.05, 0) is 43.2 Å². The molecule has 0 aliphatic heterocycles. The molecule has 0 atom stereocenters. The van der Waals surface area contributed by atoms with Crippen molar-refractivity contribution in [3.8, 4) is 17.0 Å². The Morgan fingerprint density at radius 1 is 1.28 bits per heavy atom. The van der Waals surface area contributed by atoms with Gasteiger partial charge in [0.15, 0.2) is 0 Å². The van der Waals surface area contributed by atoms with Gasteiger partial charge in [0.25, 0.3) is 5.91 Å². The van der Waals surface area contributed by atoms with Crippen molar-refractivity contribution in [3.05, 3.63) is 46.5 Å². The van der Waals surface area contributed by atoms with Gasteiger partial charge in [0, 0.05) is 11.6 Å². The molecule has 1 aliphatic carbocycles. The lowest BCUT2D eigenvalue weighted by atomic mass is 10.1. The number of carbonyl (C=O) groups excluding carboxylic acids is 2. The van der Waals surface area contributed by atoms with Crippen molar-refractivity contribution in [1.29, 1.82) is 0 Å². The number of nitrogens with one attached hydrogen (secondary N) is 3. The van der Waals surface area contributed by atoms with Gasteiger partial charge in [0.1, 0.15) is 11.4 Å². The fraction of sp³-hybridized carbons (Fsp3) is 0.294. The van der Waals surface area contributed by atoms with Crippen LogP contribution in [-0.4, -0.2) is 41.5 Å². The zero-order valence-corrected chi connectivity index (χ0v) is 13.7. The fourth-order valence-electron chi connectivity index (χ4n) is 2.25. The molecule has 8 heteroatoms. The third-order valence-electron chi connectivity index (χ3n) is 3.73. The van der Waals surface area contributed by atoms with Crippen molar-refractivity contribution < 1.29 is 14.3 Å². The zero-order chi connectivity index (χ0) is 17.8. The first-order chi connectivity index (χ1) is 12.0. The molecule has 8 nitrogen and oxygen atoms in total. The Morgan fingerprint density at radius 3 is 2.64 bits per heavy atom. The lowest BCUT2D eigenvalue weighted by Gasteiger charge is -2.07. The second-order valence-corrected chi connectivity index (χ2v) is 5.74. The van der Waals surface area contributed by atoms with E-state index in [2.05, 4.69) is 20.6 Å². The second-order valence-electron chi connectivity index (χ2n) is 5.74. The van der Waals surface area contributed by atoms with E-state index in [1.54, 1.807) is 31.4 Å². The molecule has 0 saturated heterocycles. The highest BCUT2D eigenvalue weighted by Crippen LogP contribution is 2.20. The molecular formula is C17H18N4O4. The number of benzene rings is 1. The molecule has 130 valence electrons. The van der Waals surface area contributed by atoms with Crippen LogP contribution in [-0.2, 0) is 4.79 Å². The molecule has 0 spiro atoms. The van der Waals surface area contributed by atoms with Crippen LogP contribution in [0.25, 0.3) is 11.3 Å². The number of amides is 2. The number of carbonyl (C=O) groups is 2. The number of hydrogen-bond donors (Lipinski definition) is 3. The van der Waals surface area contributed by atoms with Gasteiger partial charge in [-0.25, -0.2) is 4.79 Å². The summed E-state index contributed by atoms with van der Waals surface area (Å²) in [5.74, 6) is -0.115. The number of hydrogen-bond acceptors (Lipinski definition) is 5. The second kappa shape index (κ2) is 7.16. The maximum Gasteiger partial charge on any atom is 0.346 e. The smallest absolute Gasteiger partial charge is 0.346 e. The third-order valence-corrected chi connectivity index (χ3v) is 3.73. The van der Waals surface area contributed by atoms with Crippen LogP contribution in [0, 0.1) is 0 Å². The van der Waals surface area contributed by atoms with Crippen LogP contribution < -0.4 is 21.1 Å². The topological polar surface area (TPSA) is 113 Å². The largest absolute Gasteiger partial charge is 0.497 e. The van der Waals surface area contributed by atoms with Crippen LogP contribution in [0.2, 0.25) is 0 Å². The summed E-state index contributed by atoms with van der Waals surface area (Å²) in [5, 5.41) is 5.26. The highest BCUT2D eigenvalue weighted by molar-refractivity contribution is 5.95. The van der Waals surface area contributed by atoms with Gasteiger partial charge in [0.05, 0.1) is 19.3 Å². The first kappa shape index (κ1) is 16.7. The van der Waals surface area contributed by atoms with Crippen molar-refractivity contribution in [1.82, 2.24) is 20.6 Å². The summed E-state index contributed by atoms with van der Waals surface area (Å²) in [6, 6.07) is 8.65. The summed E-state index contributed by atoms with van der Waals surface area (Å²) in [6.45, 7) is -0.141. The van der Waals surface area contributed by atoms with Gasteiger partial charge in [-0.3, -0.25) is 9.59 Å². The van der Waals surface area contributed by atoms with Gasteiger partial charge in [-0.1, -0.05) is 0 Å². The molecule has 0 unspecified atom stereocenters. The van der Waals surface area contributed by atoms with E-state index < -0.39 is 11.6 Å². The zero-order valence-electron chi connectivity index (χ0n) is 13.7. The maximum atomic E-state index is 12.2. The summed E-state index contributed by atoms with van der Waals surface area (Å²) < 4.78 is 5.09. The molecule has 1 fully saturated rings. The SMILES string of the molecule is COc1ccc(-c2cc(C(=O)NCC(=O)NC3CC3)[nH]c(=O)n2)cc1. The van der Waals surface area contributed by atoms with Crippen molar-refractivity contribution in [2.75, 3.05) is 13.7 Å². The van der Waals surface area contributed by atoms with Crippen LogP contribution in [0.5, 0.6) is 5.75 Å². The monoisotopic (exact) mass is 342 g/mol. The molecule has 0 bridgehead atoms. The highest BCUT2D eigenvalue weighted by Gasteiger charge is 2.23. The lowest BCUT2D eigenvalue weighted by molar-refractivity contribution is -0.120. The van der Waals surface area contributed by atoms with Crippen molar-refractivity contribution >= 4 is 11.8 Å². The predicted octanol–water partition coefficient (Wildman–Crippen LogP) is 0.454. The average molecular weight is 342 g/mol. The molecule has 0 radical (unpaired) electrons. The molecule has 1 aromatic heterocycles. The molecule has 3 N–H and O–H groups in total. The molecule has 25 heavy (non-hydrogen) atoms. The Balaban J connectivity index is 1.72. The summed E-state index contributed by atoms with van der Waals surface area (Å²) in [6.07, 6.45) is 1.95. The standard InChI is InChI=1S/C17H18N4O4/c1-25-12-6-2-10(3-7-12)13-8-14(21-17(24)20-13)16(23)18-9-15(22)19-11-4-5-11/h2-3,6-8,11H,4-5,9H2,1H3,(H,18,23)(H,19,22)(H,20,21,24). The van der Waals surface area contributed by atoms with Crippen molar-refractivity contribution in [2.45, 2.75) is 18.9 Å². The maximum absolute atomic E-state index is 12.2. The molecule has 1 heterocycles. The number of methoxy groups -OCH3 is 1. The number of aromatic nitrogens is 2. The first-order valence-electron chi connectivity index (χ1n) is 7.88. The molecule has 2 amide bonds. The third kappa shape index (κ3) is 4.43. The first-order valence-corrected chi connectivity index (χ1v) is 7.88. The average Bonchev–Trinajstić information content (AvgIpc) is 3.43. The van der Waals surface area contributed by atoms with Gasteiger partial charge in [0.2, 0.25) is 5.91 Å². The Kier molecular flexibility index (Phi) is 4.78. The normalized spacial score (nSPS) is 13.2. The van der Waals surface area contributed by atoms with Crippen LogP contribution in [0.15, 0.2) is 35.1 Å². The lowest BCUT2D eigenvalue weighted by Crippen LogP contribution is -2.38. The summed E-state index contributed by atoms with van der Waals surface area (Å²) in [5.41, 5.74) is 0.442. The minimum absolute atomic E-state index is 0.0463. The number of rotatable bonds is 6. The van der Waals surface area contributed by atoms with Gasteiger partial charge >= 0.3 is 5.69 Å². The Bertz CT molecular complexity index is 840. The number of nitrogens with zero attached hydrogens (tertiary/aromatic N) is 1. The van der Waals surface area contributed by atoms with Crippen LogP contribution >= 0.6 is 0 Å².